The number of pyridine rings is 1. The summed E-state index contributed by atoms with van der Waals surface area (Å²) in [6.07, 6.45) is 1.21. The number of hydrogen-bond donors (Lipinski definition) is 2. The summed E-state index contributed by atoms with van der Waals surface area (Å²) in [5.41, 5.74) is -0.778. The number of benzene rings is 1. The van der Waals surface area contributed by atoms with Gasteiger partial charge in [0.05, 0.1) is 16.8 Å². The van der Waals surface area contributed by atoms with E-state index in [-0.39, 0.29) is 17.0 Å². The number of ether oxygens (including phenoxy) is 1. The Morgan fingerprint density at radius 2 is 1.97 bits per heavy atom. The number of carbonyl (C=O) groups excluding carboxylic acids is 2. The van der Waals surface area contributed by atoms with E-state index in [1.165, 1.54) is 18.5 Å². The van der Waals surface area contributed by atoms with Gasteiger partial charge in [-0.15, -0.1) is 0 Å². The Kier molecular flexibility index (Phi) is 7.13. The molecule has 0 unspecified atom stereocenters. The average Bonchev–Trinajstić information content (AvgIpc) is 2.67. The molecule has 1 amide bonds. The average molecular weight is 405 g/mol. The van der Waals surface area contributed by atoms with Crippen LogP contribution in [0.1, 0.15) is 21.6 Å². The Morgan fingerprint density at radius 1 is 1.21 bits per heavy atom. The topological polar surface area (TPSA) is 80.3 Å². The Balaban J connectivity index is 2.46. The summed E-state index contributed by atoms with van der Waals surface area (Å²) >= 11 is 0. The molecule has 0 aliphatic heterocycles. The Morgan fingerprint density at radius 3 is 2.59 bits per heavy atom. The molecule has 0 radical (unpaired) electrons. The number of halogens is 3. The van der Waals surface area contributed by atoms with Crippen LogP contribution in [0.3, 0.4) is 0 Å². The Labute approximate surface area is 165 Å². The number of rotatable bonds is 7. The number of amides is 1. The number of allylic oxidation sites excluding steroid dienone is 2. The molecule has 152 valence electrons. The summed E-state index contributed by atoms with van der Waals surface area (Å²) in [7, 11) is 1.60. The van der Waals surface area contributed by atoms with Crippen LogP contribution in [0, 0.1) is 6.92 Å². The molecule has 1 aromatic heterocycles. The van der Waals surface area contributed by atoms with E-state index in [1.807, 2.05) is 0 Å². The van der Waals surface area contributed by atoms with Crippen molar-refractivity contribution in [2.45, 2.75) is 13.1 Å². The first-order valence-electron chi connectivity index (χ1n) is 8.37. The summed E-state index contributed by atoms with van der Waals surface area (Å²) in [4.78, 5) is 27.5. The van der Waals surface area contributed by atoms with Crippen LogP contribution < -0.4 is 15.4 Å². The standard InChI is InChI=1S/C20H18F3N3O3/c1-13-17(4-3-9-25-13)29-18-6-5-14(20(21,22)23)12-16(18)19(28)26-15(8-11-27)7-10-24-2/h3-12,24H,1-2H3,(H,26,28)/b10-7-,15-8+. The molecule has 0 spiro atoms. The molecular weight excluding hydrogens is 387 g/mol. The molecule has 29 heavy (non-hydrogen) atoms. The highest BCUT2D eigenvalue weighted by molar-refractivity contribution is 5.98. The maximum absolute atomic E-state index is 13.1. The summed E-state index contributed by atoms with van der Waals surface area (Å²) < 4.78 is 45.1. The van der Waals surface area contributed by atoms with Gasteiger partial charge in [0.2, 0.25) is 0 Å². The van der Waals surface area contributed by atoms with Crippen molar-refractivity contribution < 1.29 is 27.5 Å². The summed E-state index contributed by atoms with van der Waals surface area (Å²) in [6, 6.07) is 5.75. The number of aromatic nitrogens is 1. The molecule has 9 heteroatoms. The van der Waals surface area contributed by atoms with E-state index in [0.29, 0.717) is 23.8 Å². The second-order valence-electron chi connectivity index (χ2n) is 5.73. The highest BCUT2D eigenvalue weighted by atomic mass is 19.4. The molecule has 2 rings (SSSR count). The van der Waals surface area contributed by atoms with Gasteiger partial charge >= 0.3 is 6.18 Å². The smallest absolute Gasteiger partial charge is 0.416 e. The van der Waals surface area contributed by atoms with Crippen LogP contribution in [0.25, 0.3) is 0 Å². The van der Waals surface area contributed by atoms with Crippen molar-refractivity contribution in [2.75, 3.05) is 7.05 Å². The summed E-state index contributed by atoms with van der Waals surface area (Å²) in [6.45, 7) is 1.66. The molecule has 0 aliphatic carbocycles. The van der Waals surface area contributed by atoms with E-state index in [2.05, 4.69) is 15.6 Å². The molecule has 0 aliphatic rings. The number of nitrogens with zero attached hydrogens (tertiary/aromatic N) is 1. The summed E-state index contributed by atoms with van der Waals surface area (Å²) in [5.74, 6) is -0.670. The first-order chi connectivity index (χ1) is 13.8. The Hall–Kier alpha value is -3.62. The number of hydrogen-bond acceptors (Lipinski definition) is 5. The van der Waals surface area contributed by atoms with Gasteiger partial charge in [0, 0.05) is 25.0 Å². The molecule has 0 saturated carbocycles. The van der Waals surface area contributed by atoms with E-state index in [4.69, 9.17) is 4.74 Å². The first-order valence-corrected chi connectivity index (χ1v) is 8.37. The predicted octanol–water partition coefficient (Wildman–Crippen LogP) is 3.75. The SMILES string of the molecule is CN/C=C\C(=C/C=O)NC(=O)c1cc(C(F)(F)F)ccc1Oc1cccnc1C. The lowest BCUT2D eigenvalue weighted by atomic mass is 10.1. The third-order valence-corrected chi connectivity index (χ3v) is 3.66. The van der Waals surface area contributed by atoms with Crippen LogP contribution in [0.4, 0.5) is 13.2 Å². The fraction of sp³-hybridized carbons (Fsp3) is 0.150. The molecule has 2 N–H and O–H groups in total. The summed E-state index contributed by atoms with van der Waals surface area (Å²) in [5, 5.41) is 5.07. The number of nitrogens with one attached hydrogen (secondary N) is 2. The van der Waals surface area contributed by atoms with Gasteiger partial charge in [-0.2, -0.15) is 13.2 Å². The predicted molar refractivity (Wildman–Crippen MR) is 100 cm³/mol. The van der Waals surface area contributed by atoms with Crippen molar-refractivity contribution in [2.24, 2.45) is 0 Å². The second-order valence-corrected chi connectivity index (χ2v) is 5.73. The van der Waals surface area contributed by atoms with Crippen molar-refractivity contribution in [3.63, 3.8) is 0 Å². The maximum atomic E-state index is 13.1. The van der Waals surface area contributed by atoms with Crippen molar-refractivity contribution in [3.8, 4) is 11.5 Å². The zero-order valence-corrected chi connectivity index (χ0v) is 15.6. The van der Waals surface area contributed by atoms with Gasteiger partial charge in [-0.25, -0.2) is 0 Å². The fourth-order valence-corrected chi connectivity index (χ4v) is 2.25. The van der Waals surface area contributed by atoms with Gasteiger partial charge in [0.15, 0.2) is 0 Å². The van der Waals surface area contributed by atoms with E-state index in [0.717, 1.165) is 18.2 Å². The number of aryl methyl sites for hydroxylation is 1. The minimum Gasteiger partial charge on any atom is -0.455 e. The normalized spacial score (nSPS) is 12.0. The van der Waals surface area contributed by atoms with E-state index < -0.39 is 17.6 Å². The molecule has 2 aromatic rings. The molecule has 1 aromatic carbocycles. The van der Waals surface area contributed by atoms with Crippen LogP contribution in [0.2, 0.25) is 0 Å². The minimum atomic E-state index is -4.65. The zero-order valence-electron chi connectivity index (χ0n) is 15.6. The molecule has 6 nitrogen and oxygen atoms in total. The van der Waals surface area contributed by atoms with Gasteiger partial charge in [0.1, 0.15) is 17.8 Å². The van der Waals surface area contributed by atoms with Crippen LogP contribution in [-0.4, -0.2) is 24.2 Å². The number of alkyl halides is 3. The highest BCUT2D eigenvalue weighted by Gasteiger charge is 2.32. The van der Waals surface area contributed by atoms with Gasteiger partial charge in [-0.1, -0.05) is 0 Å². The number of aldehydes is 1. The van der Waals surface area contributed by atoms with Crippen molar-refractivity contribution in [3.05, 3.63) is 77.4 Å². The van der Waals surface area contributed by atoms with Gasteiger partial charge in [-0.3, -0.25) is 14.6 Å². The molecule has 0 atom stereocenters. The van der Waals surface area contributed by atoms with E-state index in [1.54, 1.807) is 26.1 Å². The second kappa shape index (κ2) is 9.54. The number of carbonyl (C=O) groups is 2. The third-order valence-electron chi connectivity index (χ3n) is 3.66. The van der Waals surface area contributed by atoms with Gasteiger partial charge in [0.25, 0.3) is 5.91 Å². The van der Waals surface area contributed by atoms with Gasteiger partial charge < -0.3 is 15.4 Å². The molecular formula is C20H18F3N3O3. The molecule has 1 heterocycles. The lowest BCUT2D eigenvalue weighted by molar-refractivity contribution is -0.137. The fourth-order valence-electron chi connectivity index (χ4n) is 2.25. The van der Waals surface area contributed by atoms with Crippen molar-refractivity contribution in [1.29, 1.82) is 0 Å². The monoisotopic (exact) mass is 405 g/mol. The van der Waals surface area contributed by atoms with Crippen LogP contribution in [-0.2, 0) is 11.0 Å². The van der Waals surface area contributed by atoms with Crippen molar-refractivity contribution in [1.82, 2.24) is 15.6 Å². The first kappa shape index (κ1) is 21.7. The lowest BCUT2D eigenvalue weighted by Gasteiger charge is -2.15. The maximum Gasteiger partial charge on any atom is 0.416 e. The quantitative estimate of drug-likeness (QED) is 0.417. The third kappa shape index (κ3) is 5.93. The molecule has 0 bridgehead atoms. The Bertz CT molecular complexity index is 953. The lowest BCUT2D eigenvalue weighted by Crippen LogP contribution is -2.23. The van der Waals surface area contributed by atoms with E-state index in [9.17, 15) is 22.8 Å². The van der Waals surface area contributed by atoms with Crippen molar-refractivity contribution >= 4 is 12.2 Å². The van der Waals surface area contributed by atoms with E-state index >= 15 is 0 Å². The van der Waals surface area contributed by atoms with Crippen LogP contribution >= 0.6 is 0 Å². The molecule has 0 saturated heterocycles. The van der Waals surface area contributed by atoms with Crippen LogP contribution in [0.15, 0.2) is 60.6 Å². The largest absolute Gasteiger partial charge is 0.455 e. The minimum absolute atomic E-state index is 0.0836. The zero-order chi connectivity index (χ0) is 21.4. The molecule has 0 fully saturated rings. The van der Waals surface area contributed by atoms with Gasteiger partial charge in [-0.05, 0) is 49.5 Å². The highest BCUT2D eigenvalue weighted by Crippen LogP contribution is 2.34. The van der Waals surface area contributed by atoms with Crippen LogP contribution in [0.5, 0.6) is 11.5 Å².